The average Bonchev–Trinajstić information content (AvgIpc) is 2.39. The molecule has 0 spiro atoms. The summed E-state index contributed by atoms with van der Waals surface area (Å²) in [6.45, 7) is 3.62. The second-order valence-electron chi connectivity index (χ2n) is 5.29. The second-order valence-corrected chi connectivity index (χ2v) is 5.29. The van der Waals surface area contributed by atoms with Crippen molar-refractivity contribution in [2.45, 2.75) is 57.9 Å². The van der Waals surface area contributed by atoms with E-state index in [-0.39, 0.29) is 6.03 Å². The van der Waals surface area contributed by atoms with Crippen LogP contribution in [0.25, 0.3) is 0 Å². The number of methoxy groups -OCH3 is 1. The number of unbranched alkanes of at least 4 members (excludes halogenated alkanes) is 1. The van der Waals surface area contributed by atoms with Crippen LogP contribution in [0.3, 0.4) is 0 Å². The molecule has 0 unspecified atom stereocenters. The first-order valence-corrected chi connectivity index (χ1v) is 7.27. The molecule has 2 N–H and O–H groups in total. The molecule has 4 nitrogen and oxygen atoms in total. The van der Waals surface area contributed by atoms with Crippen molar-refractivity contribution in [3.8, 4) is 0 Å². The Morgan fingerprint density at radius 3 is 2.67 bits per heavy atom. The summed E-state index contributed by atoms with van der Waals surface area (Å²) in [6, 6.07) is 0.273. The number of carbonyl (C=O) groups excluding carboxylic acids is 1. The van der Waals surface area contributed by atoms with E-state index in [4.69, 9.17) is 4.74 Å². The van der Waals surface area contributed by atoms with Crippen LogP contribution >= 0.6 is 0 Å². The summed E-state index contributed by atoms with van der Waals surface area (Å²) < 4.78 is 4.96. The molecule has 1 fully saturated rings. The highest BCUT2D eigenvalue weighted by molar-refractivity contribution is 5.74. The summed E-state index contributed by atoms with van der Waals surface area (Å²) in [4.78, 5) is 11.7. The van der Waals surface area contributed by atoms with Crippen LogP contribution in [0.15, 0.2) is 0 Å². The number of nitrogens with one attached hydrogen (secondary N) is 2. The molecule has 0 aromatic rings. The predicted molar refractivity (Wildman–Crippen MR) is 73.7 cm³/mol. The second kappa shape index (κ2) is 9.20. The summed E-state index contributed by atoms with van der Waals surface area (Å²) in [5.41, 5.74) is 0. The minimum absolute atomic E-state index is 0.0227. The van der Waals surface area contributed by atoms with Gasteiger partial charge >= 0.3 is 6.03 Å². The molecular formula is C14H28N2O2. The fraction of sp³-hybridized carbons (Fsp3) is 0.929. The van der Waals surface area contributed by atoms with Crippen molar-refractivity contribution in [2.75, 3.05) is 20.3 Å². The zero-order valence-corrected chi connectivity index (χ0v) is 11.8. The normalized spacial score (nSPS) is 18.3. The smallest absolute Gasteiger partial charge is 0.315 e. The minimum Gasteiger partial charge on any atom is -0.385 e. The molecule has 2 amide bonds. The van der Waals surface area contributed by atoms with Gasteiger partial charge < -0.3 is 15.4 Å². The van der Waals surface area contributed by atoms with E-state index in [9.17, 15) is 4.79 Å². The number of ether oxygens (including phenoxy) is 1. The van der Waals surface area contributed by atoms with Gasteiger partial charge in [-0.1, -0.05) is 19.3 Å². The van der Waals surface area contributed by atoms with E-state index in [1.54, 1.807) is 7.11 Å². The van der Waals surface area contributed by atoms with Gasteiger partial charge in [-0.15, -0.1) is 0 Å². The number of rotatable bonds is 7. The van der Waals surface area contributed by atoms with E-state index < -0.39 is 0 Å². The van der Waals surface area contributed by atoms with Crippen molar-refractivity contribution in [2.24, 2.45) is 5.92 Å². The Balaban J connectivity index is 2.07. The molecule has 1 aliphatic carbocycles. The summed E-state index contributed by atoms with van der Waals surface area (Å²) in [6.07, 6.45) is 8.47. The van der Waals surface area contributed by atoms with Gasteiger partial charge in [0.15, 0.2) is 0 Å². The van der Waals surface area contributed by atoms with Gasteiger partial charge in [0, 0.05) is 26.3 Å². The Hall–Kier alpha value is -0.770. The fourth-order valence-corrected chi connectivity index (χ4v) is 2.58. The van der Waals surface area contributed by atoms with Crippen LogP contribution in [0.4, 0.5) is 4.79 Å². The standard InChI is InChI=1S/C14H28N2O2/c1-12(13-8-4-3-5-9-13)16-14(17)15-10-6-7-11-18-2/h12-13H,3-11H2,1-2H3,(H2,15,16,17)/t12-/m0/s1. The van der Waals surface area contributed by atoms with Crippen LogP contribution in [-0.4, -0.2) is 32.3 Å². The molecule has 0 bridgehead atoms. The van der Waals surface area contributed by atoms with Gasteiger partial charge in [-0.05, 0) is 38.5 Å². The number of carbonyl (C=O) groups is 1. The van der Waals surface area contributed by atoms with Gasteiger partial charge in [0.05, 0.1) is 0 Å². The Bertz CT molecular complexity index is 228. The monoisotopic (exact) mass is 256 g/mol. The Morgan fingerprint density at radius 1 is 1.28 bits per heavy atom. The maximum absolute atomic E-state index is 11.7. The molecule has 106 valence electrons. The maximum atomic E-state index is 11.7. The first kappa shape index (κ1) is 15.3. The molecule has 0 aromatic carbocycles. The van der Waals surface area contributed by atoms with E-state index in [0.717, 1.165) is 26.0 Å². The van der Waals surface area contributed by atoms with E-state index in [2.05, 4.69) is 17.6 Å². The summed E-state index contributed by atoms with van der Waals surface area (Å²) in [5.74, 6) is 0.665. The largest absolute Gasteiger partial charge is 0.385 e. The third kappa shape index (κ3) is 6.24. The van der Waals surface area contributed by atoms with Crippen LogP contribution in [0.1, 0.15) is 51.9 Å². The minimum atomic E-state index is -0.0227. The highest BCUT2D eigenvalue weighted by Crippen LogP contribution is 2.26. The lowest BCUT2D eigenvalue weighted by Gasteiger charge is -2.28. The SMILES string of the molecule is COCCCCNC(=O)N[C@@H](C)C1CCCCC1. The molecule has 1 saturated carbocycles. The quantitative estimate of drug-likeness (QED) is 0.688. The van der Waals surface area contributed by atoms with Crippen molar-refractivity contribution in [3.63, 3.8) is 0 Å². The topological polar surface area (TPSA) is 50.4 Å². The number of urea groups is 1. The van der Waals surface area contributed by atoms with Crippen molar-refractivity contribution >= 4 is 6.03 Å². The fourth-order valence-electron chi connectivity index (χ4n) is 2.58. The molecule has 4 heteroatoms. The van der Waals surface area contributed by atoms with E-state index in [1.807, 2.05) is 0 Å². The van der Waals surface area contributed by atoms with E-state index in [0.29, 0.717) is 12.0 Å². The highest BCUT2D eigenvalue weighted by Gasteiger charge is 2.20. The van der Waals surface area contributed by atoms with Crippen molar-refractivity contribution in [3.05, 3.63) is 0 Å². The molecule has 1 atom stereocenters. The number of amides is 2. The Morgan fingerprint density at radius 2 is 2.00 bits per heavy atom. The molecule has 1 aliphatic rings. The molecular weight excluding hydrogens is 228 g/mol. The predicted octanol–water partition coefficient (Wildman–Crippen LogP) is 2.68. The van der Waals surface area contributed by atoms with Gasteiger partial charge in [-0.2, -0.15) is 0 Å². The first-order chi connectivity index (χ1) is 8.74. The highest BCUT2D eigenvalue weighted by atomic mass is 16.5. The van der Waals surface area contributed by atoms with Crippen molar-refractivity contribution in [1.29, 1.82) is 0 Å². The molecule has 18 heavy (non-hydrogen) atoms. The maximum Gasteiger partial charge on any atom is 0.315 e. The molecule has 1 rings (SSSR count). The van der Waals surface area contributed by atoms with E-state index >= 15 is 0 Å². The molecule has 0 radical (unpaired) electrons. The van der Waals surface area contributed by atoms with Crippen LogP contribution in [0.2, 0.25) is 0 Å². The lowest BCUT2D eigenvalue weighted by atomic mass is 9.85. The van der Waals surface area contributed by atoms with Crippen LogP contribution in [-0.2, 0) is 4.74 Å². The third-order valence-electron chi connectivity index (χ3n) is 3.78. The average molecular weight is 256 g/mol. The van der Waals surface area contributed by atoms with Gasteiger partial charge in [0.1, 0.15) is 0 Å². The zero-order valence-electron chi connectivity index (χ0n) is 11.8. The van der Waals surface area contributed by atoms with Crippen LogP contribution < -0.4 is 10.6 Å². The van der Waals surface area contributed by atoms with Crippen LogP contribution in [0.5, 0.6) is 0 Å². The number of hydrogen-bond donors (Lipinski definition) is 2. The lowest BCUT2D eigenvalue weighted by molar-refractivity contribution is 0.192. The molecule has 0 aromatic heterocycles. The first-order valence-electron chi connectivity index (χ1n) is 7.27. The van der Waals surface area contributed by atoms with E-state index in [1.165, 1.54) is 32.1 Å². The third-order valence-corrected chi connectivity index (χ3v) is 3.78. The lowest BCUT2D eigenvalue weighted by Crippen LogP contribution is -2.44. The van der Waals surface area contributed by atoms with Gasteiger partial charge in [0.2, 0.25) is 0 Å². The number of hydrogen-bond acceptors (Lipinski definition) is 2. The van der Waals surface area contributed by atoms with Gasteiger partial charge in [0.25, 0.3) is 0 Å². The summed E-state index contributed by atoms with van der Waals surface area (Å²) in [5, 5.41) is 5.97. The Labute approximate surface area is 111 Å². The van der Waals surface area contributed by atoms with Crippen molar-refractivity contribution < 1.29 is 9.53 Å². The van der Waals surface area contributed by atoms with Gasteiger partial charge in [-0.3, -0.25) is 0 Å². The molecule has 0 heterocycles. The zero-order chi connectivity index (χ0) is 13.2. The molecule has 0 saturated heterocycles. The summed E-state index contributed by atoms with van der Waals surface area (Å²) in [7, 11) is 1.70. The Kier molecular flexibility index (Phi) is 7.81. The summed E-state index contributed by atoms with van der Waals surface area (Å²) >= 11 is 0. The molecule has 0 aliphatic heterocycles. The van der Waals surface area contributed by atoms with Gasteiger partial charge in [-0.25, -0.2) is 4.79 Å². The van der Waals surface area contributed by atoms with Crippen molar-refractivity contribution in [1.82, 2.24) is 10.6 Å². The van der Waals surface area contributed by atoms with Crippen LogP contribution in [0, 0.1) is 5.92 Å².